The number of carbonyl (C=O) groups excluding carboxylic acids is 2. The Morgan fingerprint density at radius 1 is 0.878 bits per heavy atom. The number of methoxy groups -OCH3 is 2. The van der Waals surface area contributed by atoms with E-state index >= 15 is 0 Å². The minimum absolute atomic E-state index is 0.182. The summed E-state index contributed by atoms with van der Waals surface area (Å²) < 4.78 is 24.1. The first kappa shape index (κ1) is 33.8. The minimum Gasteiger partial charge on any atom is -0.496 e. The lowest BCUT2D eigenvalue weighted by Crippen LogP contribution is -2.35. The lowest BCUT2D eigenvalue weighted by molar-refractivity contribution is 0.0945. The number of aromatic nitrogens is 3. The van der Waals surface area contributed by atoms with Gasteiger partial charge in [-0.2, -0.15) is 0 Å². The van der Waals surface area contributed by atoms with E-state index < -0.39 is 5.24 Å². The number of fused-ring (bicyclic) bond motifs is 3. The molecule has 3 aromatic carbocycles. The molecule has 2 N–H and O–H groups in total. The first-order valence-electron chi connectivity index (χ1n) is 16.2. The second kappa shape index (κ2) is 15.4. The summed E-state index contributed by atoms with van der Waals surface area (Å²) in [6.07, 6.45) is 5.08. The van der Waals surface area contributed by atoms with Gasteiger partial charge < -0.3 is 24.7 Å². The predicted molar refractivity (Wildman–Crippen MR) is 190 cm³/mol. The van der Waals surface area contributed by atoms with Crippen LogP contribution in [0.2, 0.25) is 0 Å². The number of carbonyl (C=O) groups is 2. The highest BCUT2D eigenvalue weighted by Crippen LogP contribution is 2.33. The molecule has 1 saturated heterocycles. The fourth-order valence-corrected chi connectivity index (χ4v) is 6.46. The van der Waals surface area contributed by atoms with Gasteiger partial charge in [-0.05, 0) is 104 Å². The zero-order valence-corrected chi connectivity index (χ0v) is 28.1. The standard InChI is InChI=1S/C27H29FN4O2.C11H8ClNO2/c1-34-26-16-25(31-23-6-3-2-5-21(23)26)27(33)29-11-4-12-32-13-9-18(10-14-32)22-17-30-24-15-19(28)7-8-20(22)24;1-15-10-6-9(11(12)14)13-8-5-3-2-4-7(8)10/h2-3,5-8,15-18,30H,4,9-14H2,1H3,(H,29,33);2-6H,1H3. The third kappa shape index (κ3) is 7.82. The molecule has 1 fully saturated rings. The Hall–Kier alpha value is -5.06. The van der Waals surface area contributed by atoms with Crippen molar-refractivity contribution in [2.45, 2.75) is 25.2 Å². The number of para-hydroxylation sites is 2. The van der Waals surface area contributed by atoms with Gasteiger partial charge in [-0.1, -0.05) is 24.3 Å². The largest absolute Gasteiger partial charge is 0.496 e. The summed E-state index contributed by atoms with van der Waals surface area (Å²) in [6.45, 7) is 3.59. The van der Waals surface area contributed by atoms with Crippen molar-refractivity contribution in [3.05, 3.63) is 108 Å². The number of halogens is 2. The number of nitrogens with zero attached hydrogens (tertiary/aromatic N) is 3. The molecule has 1 aliphatic heterocycles. The number of amides is 1. The first-order valence-corrected chi connectivity index (χ1v) is 16.6. The second-order valence-electron chi connectivity index (χ2n) is 11.9. The second-order valence-corrected chi connectivity index (χ2v) is 12.2. The van der Waals surface area contributed by atoms with Crippen LogP contribution in [0.3, 0.4) is 0 Å². The van der Waals surface area contributed by atoms with Gasteiger partial charge in [0.15, 0.2) is 0 Å². The summed E-state index contributed by atoms with van der Waals surface area (Å²) in [5.74, 6) is 1.35. The van der Waals surface area contributed by atoms with E-state index in [0.29, 0.717) is 35.2 Å². The highest BCUT2D eigenvalue weighted by atomic mass is 35.5. The van der Waals surface area contributed by atoms with Crippen LogP contribution in [-0.4, -0.2) is 71.4 Å². The van der Waals surface area contributed by atoms with Crippen molar-refractivity contribution in [2.75, 3.05) is 40.4 Å². The number of nitrogens with one attached hydrogen (secondary N) is 2. The molecule has 7 rings (SSSR count). The third-order valence-corrected chi connectivity index (χ3v) is 9.06. The SMILES string of the molecule is COc1cc(C(=O)Cl)nc2ccccc12.COc1cc(C(=O)NCCCN2CCC(c3c[nH]c4cc(F)ccc34)CC2)nc2ccccc12. The van der Waals surface area contributed by atoms with Crippen molar-refractivity contribution < 1.29 is 23.5 Å². The molecule has 4 heterocycles. The molecule has 11 heteroatoms. The molecule has 252 valence electrons. The van der Waals surface area contributed by atoms with Crippen LogP contribution in [0.1, 0.15) is 51.7 Å². The Balaban J connectivity index is 0.000000232. The van der Waals surface area contributed by atoms with Gasteiger partial charge in [-0.25, -0.2) is 14.4 Å². The number of piperidine rings is 1. The predicted octanol–water partition coefficient (Wildman–Crippen LogP) is 7.49. The number of H-pyrrole nitrogens is 1. The van der Waals surface area contributed by atoms with Gasteiger partial charge in [0.2, 0.25) is 0 Å². The molecule has 0 radical (unpaired) electrons. The lowest BCUT2D eigenvalue weighted by Gasteiger charge is -2.32. The van der Waals surface area contributed by atoms with Crippen molar-refractivity contribution in [1.82, 2.24) is 25.2 Å². The molecule has 0 aliphatic carbocycles. The number of benzene rings is 3. The number of hydrogen-bond donors (Lipinski definition) is 2. The Morgan fingerprint density at radius 2 is 1.49 bits per heavy atom. The number of hydrogen-bond acceptors (Lipinski definition) is 7. The number of likely N-dealkylation sites (tertiary alicyclic amines) is 1. The maximum absolute atomic E-state index is 13.5. The molecule has 1 aliphatic rings. The van der Waals surface area contributed by atoms with E-state index in [-0.39, 0.29) is 17.4 Å². The summed E-state index contributed by atoms with van der Waals surface area (Å²) >= 11 is 5.38. The molecule has 1 amide bonds. The molecular formula is C38H37ClFN5O4. The van der Waals surface area contributed by atoms with E-state index in [1.807, 2.05) is 54.7 Å². The van der Waals surface area contributed by atoms with Crippen molar-refractivity contribution in [3.8, 4) is 11.5 Å². The normalized spacial score (nSPS) is 13.6. The van der Waals surface area contributed by atoms with E-state index in [0.717, 1.165) is 66.1 Å². The van der Waals surface area contributed by atoms with E-state index in [2.05, 4.69) is 25.2 Å². The summed E-state index contributed by atoms with van der Waals surface area (Å²) in [7, 11) is 3.15. The van der Waals surface area contributed by atoms with E-state index in [1.165, 1.54) is 17.7 Å². The van der Waals surface area contributed by atoms with Crippen LogP contribution in [-0.2, 0) is 0 Å². The Bertz CT molecular complexity index is 2110. The fraction of sp³-hybridized carbons (Fsp3) is 0.263. The molecule has 9 nitrogen and oxygen atoms in total. The van der Waals surface area contributed by atoms with Crippen LogP contribution in [0.4, 0.5) is 4.39 Å². The summed E-state index contributed by atoms with van der Waals surface area (Å²) in [4.78, 5) is 37.9. The third-order valence-electron chi connectivity index (χ3n) is 8.87. The molecule has 0 saturated carbocycles. The lowest BCUT2D eigenvalue weighted by atomic mass is 9.89. The maximum Gasteiger partial charge on any atom is 0.270 e. The quantitative estimate of drug-likeness (QED) is 0.120. The topological polar surface area (TPSA) is 109 Å². The summed E-state index contributed by atoms with van der Waals surface area (Å²) in [6, 6.07) is 23.3. The monoisotopic (exact) mass is 681 g/mol. The van der Waals surface area contributed by atoms with Crippen LogP contribution >= 0.6 is 11.6 Å². The molecule has 0 spiro atoms. The van der Waals surface area contributed by atoms with E-state index in [1.54, 1.807) is 32.4 Å². The molecule has 49 heavy (non-hydrogen) atoms. The first-order chi connectivity index (χ1) is 23.8. The van der Waals surface area contributed by atoms with Crippen molar-refractivity contribution in [1.29, 1.82) is 0 Å². The minimum atomic E-state index is -0.584. The van der Waals surface area contributed by atoms with Gasteiger partial charge in [0.1, 0.15) is 28.7 Å². The van der Waals surface area contributed by atoms with Gasteiger partial charge in [0.05, 0.1) is 25.3 Å². The average molecular weight is 682 g/mol. The molecule has 6 aromatic rings. The molecule has 0 unspecified atom stereocenters. The van der Waals surface area contributed by atoms with Crippen molar-refractivity contribution >= 4 is 55.5 Å². The number of pyridine rings is 2. The van der Waals surface area contributed by atoms with Crippen LogP contribution in [0.25, 0.3) is 32.7 Å². The number of ether oxygens (including phenoxy) is 2. The average Bonchev–Trinajstić information content (AvgIpc) is 3.55. The zero-order valence-electron chi connectivity index (χ0n) is 27.3. The van der Waals surface area contributed by atoms with E-state index in [9.17, 15) is 14.0 Å². The van der Waals surface area contributed by atoms with Gasteiger partial charge in [-0.3, -0.25) is 9.59 Å². The molecule has 0 atom stereocenters. The summed E-state index contributed by atoms with van der Waals surface area (Å²) in [5.41, 5.74) is 4.17. The van der Waals surface area contributed by atoms with Crippen molar-refractivity contribution in [3.63, 3.8) is 0 Å². The van der Waals surface area contributed by atoms with Crippen LogP contribution in [0, 0.1) is 5.82 Å². The van der Waals surface area contributed by atoms with Crippen LogP contribution < -0.4 is 14.8 Å². The molecular weight excluding hydrogens is 645 g/mol. The Kier molecular flexibility index (Phi) is 10.7. The molecule has 3 aromatic heterocycles. The van der Waals surface area contributed by atoms with Gasteiger partial charge in [0, 0.05) is 46.5 Å². The van der Waals surface area contributed by atoms with Crippen molar-refractivity contribution in [2.24, 2.45) is 0 Å². The molecule has 0 bridgehead atoms. The highest BCUT2D eigenvalue weighted by molar-refractivity contribution is 6.67. The number of rotatable bonds is 9. The zero-order chi connectivity index (χ0) is 34.3. The Morgan fingerprint density at radius 3 is 2.12 bits per heavy atom. The highest BCUT2D eigenvalue weighted by Gasteiger charge is 2.23. The van der Waals surface area contributed by atoms with Gasteiger partial charge >= 0.3 is 0 Å². The Labute approximate surface area is 288 Å². The fourth-order valence-electron chi connectivity index (χ4n) is 6.36. The smallest absolute Gasteiger partial charge is 0.270 e. The van der Waals surface area contributed by atoms with Crippen LogP contribution in [0.15, 0.2) is 85.1 Å². The summed E-state index contributed by atoms with van der Waals surface area (Å²) in [5, 5.41) is 5.29. The maximum atomic E-state index is 13.5. The number of aromatic amines is 1. The van der Waals surface area contributed by atoms with Gasteiger partial charge in [0.25, 0.3) is 11.1 Å². The van der Waals surface area contributed by atoms with Crippen LogP contribution in [0.5, 0.6) is 11.5 Å². The van der Waals surface area contributed by atoms with E-state index in [4.69, 9.17) is 21.1 Å². The van der Waals surface area contributed by atoms with Gasteiger partial charge in [-0.15, -0.1) is 0 Å².